The highest BCUT2D eigenvalue weighted by molar-refractivity contribution is 6.31. The number of carbonyl (C=O) groups excluding carboxylic acids is 3. The zero-order valence-corrected chi connectivity index (χ0v) is 13.2. The first-order valence-corrected chi connectivity index (χ1v) is 6.87. The lowest BCUT2D eigenvalue weighted by atomic mass is 10.1. The smallest absolute Gasteiger partial charge is 0.331 e. The number of barbiturate groups is 1. The van der Waals surface area contributed by atoms with Crippen LogP contribution in [0.15, 0.2) is 30.4 Å². The van der Waals surface area contributed by atoms with Crippen LogP contribution in [0.5, 0.6) is 17.2 Å². The van der Waals surface area contributed by atoms with Gasteiger partial charge in [0.25, 0.3) is 11.8 Å². The number of nitrogens with zero attached hydrogens (tertiary/aromatic N) is 1. The lowest BCUT2D eigenvalue weighted by Gasteiger charge is -2.25. The van der Waals surface area contributed by atoms with Crippen molar-refractivity contribution in [3.05, 3.63) is 35.9 Å². The largest absolute Gasteiger partial charge is 0.502 e. The highest BCUT2D eigenvalue weighted by Crippen LogP contribution is 2.37. The minimum Gasteiger partial charge on any atom is -0.502 e. The summed E-state index contributed by atoms with van der Waals surface area (Å²) >= 11 is 0. The fourth-order valence-electron chi connectivity index (χ4n) is 2.15. The molecule has 1 fully saturated rings. The number of methoxy groups -OCH3 is 2. The number of phenols is 1. The third kappa shape index (κ3) is 3.07. The summed E-state index contributed by atoms with van der Waals surface area (Å²) in [5.41, 5.74) is 0.152. The summed E-state index contributed by atoms with van der Waals surface area (Å²) in [4.78, 5) is 36.8. The van der Waals surface area contributed by atoms with Crippen LogP contribution >= 0.6 is 0 Å². The topological polar surface area (TPSA) is 105 Å². The molecule has 1 aromatic carbocycles. The lowest BCUT2D eigenvalue weighted by molar-refractivity contribution is -0.129. The van der Waals surface area contributed by atoms with Crippen molar-refractivity contribution in [1.29, 1.82) is 0 Å². The zero-order valence-electron chi connectivity index (χ0n) is 13.2. The minimum atomic E-state index is -0.809. The molecule has 8 nitrogen and oxygen atoms in total. The number of rotatable bonds is 5. The Hall–Kier alpha value is -3.29. The zero-order chi connectivity index (χ0) is 17.9. The molecule has 1 aliphatic heterocycles. The maximum atomic E-state index is 12.3. The molecule has 0 spiro atoms. The number of hydrogen-bond donors (Lipinski definition) is 2. The third-order valence-corrected chi connectivity index (χ3v) is 3.31. The summed E-state index contributed by atoms with van der Waals surface area (Å²) < 4.78 is 10.1. The van der Waals surface area contributed by atoms with E-state index in [1.54, 1.807) is 0 Å². The predicted molar refractivity (Wildman–Crippen MR) is 84.6 cm³/mol. The molecule has 24 heavy (non-hydrogen) atoms. The molecule has 0 aromatic heterocycles. The maximum Gasteiger partial charge on any atom is 0.331 e. The Morgan fingerprint density at radius 2 is 1.79 bits per heavy atom. The monoisotopic (exact) mass is 332 g/mol. The number of nitrogens with one attached hydrogen (secondary N) is 1. The van der Waals surface area contributed by atoms with Crippen molar-refractivity contribution in [2.24, 2.45) is 0 Å². The van der Waals surface area contributed by atoms with Crippen LogP contribution in [-0.4, -0.2) is 48.6 Å². The molecule has 8 heteroatoms. The molecule has 0 saturated carbocycles. The molecule has 126 valence electrons. The first-order chi connectivity index (χ1) is 11.4. The van der Waals surface area contributed by atoms with E-state index in [2.05, 4.69) is 11.9 Å². The highest BCUT2D eigenvalue weighted by Gasteiger charge is 2.35. The summed E-state index contributed by atoms with van der Waals surface area (Å²) in [6.07, 6.45) is 2.65. The van der Waals surface area contributed by atoms with E-state index in [4.69, 9.17) is 9.47 Å². The molecular formula is C16H16N2O6. The molecule has 0 radical (unpaired) electrons. The quantitative estimate of drug-likeness (QED) is 0.474. The molecule has 0 atom stereocenters. The number of hydrogen-bond acceptors (Lipinski definition) is 6. The second-order valence-corrected chi connectivity index (χ2v) is 4.80. The molecule has 4 amide bonds. The van der Waals surface area contributed by atoms with Crippen LogP contribution in [0, 0.1) is 0 Å². The number of phenolic OH excluding ortho intramolecular Hbond substituents is 1. The van der Waals surface area contributed by atoms with Gasteiger partial charge in [0.2, 0.25) is 5.75 Å². The molecule has 0 aliphatic carbocycles. The van der Waals surface area contributed by atoms with Crippen LogP contribution in [0.4, 0.5) is 4.79 Å². The molecule has 1 aliphatic rings. The molecule has 2 rings (SSSR count). The van der Waals surface area contributed by atoms with Crippen molar-refractivity contribution in [3.8, 4) is 17.2 Å². The van der Waals surface area contributed by atoms with E-state index in [9.17, 15) is 19.5 Å². The van der Waals surface area contributed by atoms with Gasteiger partial charge < -0.3 is 14.6 Å². The van der Waals surface area contributed by atoms with Crippen LogP contribution in [-0.2, 0) is 9.59 Å². The molecule has 0 unspecified atom stereocenters. The fourth-order valence-corrected chi connectivity index (χ4v) is 2.15. The van der Waals surface area contributed by atoms with E-state index in [0.29, 0.717) is 5.56 Å². The van der Waals surface area contributed by atoms with Crippen LogP contribution in [0.25, 0.3) is 6.08 Å². The molecular weight excluding hydrogens is 316 g/mol. The molecule has 1 aromatic rings. The normalized spacial score (nSPS) is 16.2. The van der Waals surface area contributed by atoms with Crippen molar-refractivity contribution < 1.29 is 29.0 Å². The minimum absolute atomic E-state index is 0.0303. The van der Waals surface area contributed by atoms with E-state index in [1.165, 1.54) is 38.5 Å². The summed E-state index contributed by atoms with van der Waals surface area (Å²) in [5, 5.41) is 12.0. The van der Waals surface area contributed by atoms with Gasteiger partial charge in [0, 0.05) is 6.54 Å². The Morgan fingerprint density at radius 1 is 1.21 bits per heavy atom. The Morgan fingerprint density at radius 3 is 2.29 bits per heavy atom. The average Bonchev–Trinajstić information content (AvgIpc) is 2.56. The number of amides is 4. The van der Waals surface area contributed by atoms with Gasteiger partial charge in [-0.1, -0.05) is 6.08 Å². The van der Waals surface area contributed by atoms with Gasteiger partial charge in [-0.3, -0.25) is 19.8 Å². The number of carbonyl (C=O) groups is 3. The Labute approximate surface area is 138 Å². The number of ether oxygens (including phenoxy) is 2. The van der Waals surface area contributed by atoms with E-state index in [-0.39, 0.29) is 29.4 Å². The van der Waals surface area contributed by atoms with E-state index in [1.807, 2.05) is 0 Å². The van der Waals surface area contributed by atoms with Crippen molar-refractivity contribution >= 4 is 23.9 Å². The Balaban J connectivity index is 2.49. The maximum absolute atomic E-state index is 12.3. The van der Waals surface area contributed by atoms with Gasteiger partial charge in [-0.2, -0.15) is 0 Å². The van der Waals surface area contributed by atoms with Crippen LogP contribution in [0.3, 0.4) is 0 Å². The van der Waals surface area contributed by atoms with Crippen LogP contribution in [0.2, 0.25) is 0 Å². The van der Waals surface area contributed by atoms with Crippen LogP contribution < -0.4 is 14.8 Å². The van der Waals surface area contributed by atoms with Crippen molar-refractivity contribution in [1.82, 2.24) is 10.2 Å². The standard InChI is InChI=1S/C16H16N2O6/c1-4-5-18-15(21)10(14(20)17-16(18)22)6-9-7-11(23-2)13(19)12(8-9)24-3/h4,6-8,19H,1,5H2,2-3H3,(H,17,20,22)/b10-6+. The van der Waals surface area contributed by atoms with Crippen molar-refractivity contribution in [2.45, 2.75) is 0 Å². The van der Waals surface area contributed by atoms with Gasteiger partial charge in [-0.15, -0.1) is 6.58 Å². The molecule has 1 saturated heterocycles. The summed E-state index contributed by atoms with van der Waals surface area (Å²) in [6.45, 7) is 3.44. The second-order valence-electron chi connectivity index (χ2n) is 4.80. The summed E-state index contributed by atoms with van der Waals surface area (Å²) in [5.74, 6) is -1.52. The fraction of sp³-hybridized carbons (Fsp3) is 0.188. The summed E-state index contributed by atoms with van der Waals surface area (Å²) in [7, 11) is 2.71. The molecule has 0 bridgehead atoms. The number of aromatic hydroxyl groups is 1. The lowest BCUT2D eigenvalue weighted by Crippen LogP contribution is -2.54. The highest BCUT2D eigenvalue weighted by atomic mass is 16.5. The third-order valence-electron chi connectivity index (χ3n) is 3.31. The van der Waals surface area contributed by atoms with Gasteiger partial charge in [-0.05, 0) is 23.8 Å². The number of benzene rings is 1. The second kappa shape index (κ2) is 6.86. The molecule has 2 N–H and O–H groups in total. The Kier molecular flexibility index (Phi) is 4.88. The van der Waals surface area contributed by atoms with E-state index < -0.39 is 17.8 Å². The SMILES string of the molecule is C=CCN1C(=O)NC(=O)/C(=C\c2cc(OC)c(O)c(OC)c2)C1=O. The van der Waals surface area contributed by atoms with Crippen molar-refractivity contribution in [2.75, 3.05) is 20.8 Å². The molecule has 1 heterocycles. The van der Waals surface area contributed by atoms with Gasteiger partial charge >= 0.3 is 6.03 Å². The van der Waals surface area contributed by atoms with E-state index >= 15 is 0 Å². The van der Waals surface area contributed by atoms with E-state index in [0.717, 1.165) is 4.90 Å². The van der Waals surface area contributed by atoms with Crippen molar-refractivity contribution in [3.63, 3.8) is 0 Å². The van der Waals surface area contributed by atoms with Gasteiger partial charge in [0.1, 0.15) is 5.57 Å². The van der Waals surface area contributed by atoms with Crippen LogP contribution in [0.1, 0.15) is 5.56 Å². The number of imide groups is 2. The van der Waals surface area contributed by atoms with Gasteiger partial charge in [-0.25, -0.2) is 4.79 Å². The predicted octanol–water partition coefficient (Wildman–Crippen LogP) is 1.06. The number of urea groups is 1. The van der Waals surface area contributed by atoms with Gasteiger partial charge in [0.15, 0.2) is 11.5 Å². The summed E-state index contributed by atoms with van der Waals surface area (Å²) in [6, 6.07) is 2.06. The van der Waals surface area contributed by atoms with Gasteiger partial charge in [0.05, 0.1) is 14.2 Å². The Bertz CT molecular complexity index is 728. The first-order valence-electron chi connectivity index (χ1n) is 6.87. The average molecular weight is 332 g/mol. The first kappa shape index (κ1) is 17.1.